The normalized spacial score (nSPS) is 15.4. The summed E-state index contributed by atoms with van der Waals surface area (Å²) in [6.45, 7) is 1.57. The Bertz CT molecular complexity index is 445. The van der Waals surface area contributed by atoms with Crippen molar-refractivity contribution < 1.29 is 13.9 Å². The van der Waals surface area contributed by atoms with Crippen LogP contribution in [-0.4, -0.2) is 30.5 Å². The molecule has 1 aromatic rings. The number of rotatable bonds is 4. The summed E-state index contributed by atoms with van der Waals surface area (Å²) in [5.74, 6) is -0.0924. The Balaban J connectivity index is 1.94. The molecule has 104 valence electrons. The van der Waals surface area contributed by atoms with Crippen LogP contribution in [0.25, 0.3) is 0 Å². The van der Waals surface area contributed by atoms with Gasteiger partial charge in [-0.3, -0.25) is 4.79 Å². The van der Waals surface area contributed by atoms with Gasteiger partial charge in [0.2, 0.25) is 0 Å². The van der Waals surface area contributed by atoms with E-state index in [-0.39, 0.29) is 19.1 Å². The third-order valence-electron chi connectivity index (χ3n) is 3.34. The van der Waals surface area contributed by atoms with E-state index in [1.165, 1.54) is 12.5 Å². The number of carbonyl (C=O) groups excluding carboxylic acids is 1. The second kappa shape index (κ2) is 6.52. The van der Waals surface area contributed by atoms with E-state index in [1.54, 1.807) is 17.0 Å². The van der Waals surface area contributed by atoms with Crippen molar-refractivity contribution >= 4 is 5.91 Å². The van der Waals surface area contributed by atoms with Crippen LogP contribution in [0.15, 0.2) is 18.2 Å². The molecule has 19 heavy (non-hydrogen) atoms. The number of hydrogen-bond acceptors (Lipinski definition) is 3. The van der Waals surface area contributed by atoms with Crippen LogP contribution in [0.3, 0.4) is 0 Å². The highest BCUT2D eigenvalue weighted by Crippen LogP contribution is 2.21. The number of carbonyl (C=O) groups is 1. The predicted octanol–water partition coefficient (Wildman–Crippen LogP) is 1.68. The van der Waals surface area contributed by atoms with E-state index in [1.807, 2.05) is 0 Å². The Kier molecular flexibility index (Phi) is 4.74. The van der Waals surface area contributed by atoms with Crippen LogP contribution in [-0.2, 0) is 11.3 Å². The van der Waals surface area contributed by atoms with Gasteiger partial charge in [-0.2, -0.15) is 0 Å². The molecule has 1 aliphatic heterocycles. The van der Waals surface area contributed by atoms with Crippen molar-refractivity contribution in [3.8, 4) is 5.75 Å². The maximum absolute atomic E-state index is 13.5. The lowest BCUT2D eigenvalue weighted by Crippen LogP contribution is -2.38. The fourth-order valence-electron chi connectivity index (χ4n) is 2.25. The predicted molar refractivity (Wildman–Crippen MR) is 70.2 cm³/mol. The Morgan fingerprint density at radius 3 is 2.74 bits per heavy atom. The van der Waals surface area contributed by atoms with Gasteiger partial charge >= 0.3 is 0 Å². The first-order valence-electron chi connectivity index (χ1n) is 6.60. The molecule has 0 saturated carbocycles. The summed E-state index contributed by atoms with van der Waals surface area (Å²) in [4.78, 5) is 13.7. The fraction of sp³-hybridized carbons (Fsp3) is 0.500. The number of halogens is 1. The minimum Gasteiger partial charge on any atom is -0.483 e. The molecule has 2 rings (SSSR count). The molecule has 0 radical (unpaired) electrons. The van der Waals surface area contributed by atoms with E-state index in [0.717, 1.165) is 25.9 Å². The largest absolute Gasteiger partial charge is 0.483 e. The molecule has 1 heterocycles. The average Bonchev–Trinajstić information content (AvgIpc) is 2.45. The fourth-order valence-corrected chi connectivity index (χ4v) is 2.25. The molecule has 2 N–H and O–H groups in total. The quantitative estimate of drug-likeness (QED) is 0.902. The number of nitrogens with two attached hydrogens (primary N) is 1. The minimum atomic E-state index is -0.398. The van der Waals surface area contributed by atoms with Gasteiger partial charge < -0.3 is 15.4 Å². The Morgan fingerprint density at radius 2 is 2.05 bits per heavy atom. The summed E-state index contributed by atoms with van der Waals surface area (Å²) in [5.41, 5.74) is 5.80. The first-order chi connectivity index (χ1) is 9.22. The summed E-state index contributed by atoms with van der Waals surface area (Å²) < 4.78 is 18.9. The standard InChI is InChI=1S/C14H19FN2O2/c15-12-5-4-6-13(11(12)9-16)19-10-14(18)17-7-2-1-3-8-17/h4-6H,1-3,7-10,16H2. The van der Waals surface area contributed by atoms with Gasteiger partial charge in [0.05, 0.1) is 0 Å². The van der Waals surface area contributed by atoms with E-state index in [0.29, 0.717) is 11.3 Å². The third-order valence-corrected chi connectivity index (χ3v) is 3.34. The van der Waals surface area contributed by atoms with Crippen LogP contribution < -0.4 is 10.5 Å². The maximum atomic E-state index is 13.5. The Labute approximate surface area is 112 Å². The van der Waals surface area contributed by atoms with Crippen LogP contribution in [0, 0.1) is 5.82 Å². The molecule has 0 bridgehead atoms. The number of benzene rings is 1. The first kappa shape index (κ1) is 13.8. The second-order valence-electron chi connectivity index (χ2n) is 4.65. The van der Waals surface area contributed by atoms with Crippen LogP contribution in [0.4, 0.5) is 4.39 Å². The molecule has 0 aliphatic carbocycles. The average molecular weight is 266 g/mol. The number of nitrogens with zero attached hydrogens (tertiary/aromatic N) is 1. The highest BCUT2D eigenvalue weighted by atomic mass is 19.1. The van der Waals surface area contributed by atoms with Gasteiger partial charge in [0.1, 0.15) is 11.6 Å². The molecule has 5 heteroatoms. The van der Waals surface area contributed by atoms with E-state index < -0.39 is 5.82 Å². The molecule has 0 unspecified atom stereocenters. The van der Waals surface area contributed by atoms with Crippen molar-refractivity contribution in [2.75, 3.05) is 19.7 Å². The van der Waals surface area contributed by atoms with E-state index in [4.69, 9.17) is 10.5 Å². The molecule has 4 nitrogen and oxygen atoms in total. The van der Waals surface area contributed by atoms with Crippen LogP contribution in [0.1, 0.15) is 24.8 Å². The van der Waals surface area contributed by atoms with Gasteiger partial charge in [0.15, 0.2) is 6.61 Å². The molecule has 0 spiro atoms. The summed E-state index contributed by atoms with van der Waals surface area (Å²) in [6, 6.07) is 4.52. The summed E-state index contributed by atoms with van der Waals surface area (Å²) in [6.07, 6.45) is 3.26. The summed E-state index contributed by atoms with van der Waals surface area (Å²) in [7, 11) is 0. The van der Waals surface area contributed by atoms with Crippen molar-refractivity contribution in [3.05, 3.63) is 29.6 Å². The lowest BCUT2D eigenvalue weighted by molar-refractivity contribution is -0.134. The lowest BCUT2D eigenvalue weighted by atomic mass is 10.1. The van der Waals surface area contributed by atoms with E-state index in [9.17, 15) is 9.18 Å². The van der Waals surface area contributed by atoms with Crippen molar-refractivity contribution in [3.63, 3.8) is 0 Å². The van der Waals surface area contributed by atoms with Gasteiger partial charge in [-0.1, -0.05) is 6.07 Å². The van der Waals surface area contributed by atoms with Crippen molar-refractivity contribution in [1.82, 2.24) is 4.90 Å². The Morgan fingerprint density at radius 1 is 1.32 bits per heavy atom. The number of amides is 1. The molecular weight excluding hydrogens is 247 g/mol. The minimum absolute atomic E-state index is 0.0491. The smallest absolute Gasteiger partial charge is 0.260 e. The number of ether oxygens (including phenoxy) is 1. The molecular formula is C14H19FN2O2. The molecule has 1 amide bonds. The van der Waals surface area contributed by atoms with Gasteiger partial charge in [-0.05, 0) is 31.4 Å². The number of piperidine rings is 1. The van der Waals surface area contributed by atoms with Gasteiger partial charge in [-0.25, -0.2) is 4.39 Å². The second-order valence-corrected chi connectivity index (χ2v) is 4.65. The third kappa shape index (κ3) is 3.44. The van der Waals surface area contributed by atoms with E-state index in [2.05, 4.69) is 0 Å². The first-order valence-corrected chi connectivity index (χ1v) is 6.60. The topological polar surface area (TPSA) is 55.6 Å². The van der Waals surface area contributed by atoms with Gasteiger partial charge in [0, 0.05) is 25.2 Å². The highest BCUT2D eigenvalue weighted by Gasteiger charge is 2.17. The zero-order valence-corrected chi connectivity index (χ0v) is 10.9. The molecule has 1 fully saturated rings. The number of likely N-dealkylation sites (tertiary alicyclic amines) is 1. The number of hydrogen-bond donors (Lipinski definition) is 1. The van der Waals surface area contributed by atoms with E-state index >= 15 is 0 Å². The maximum Gasteiger partial charge on any atom is 0.260 e. The lowest BCUT2D eigenvalue weighted by Gasteiger charge is -2.26. The molecule has 0 atom stereocenters. The van der Waals surface area contributed by atoms with Crippen molar-refractivity contribution in [2.45, 2.75) is 25.8 Å². The SMILES string of the molecule is NCc1c(F)cccc1OCC(=O)N1CCCCC1. The Hall–Kier alpha value is -1.62. The van der Waals surface area contributed by atoms with Crippen molar-refractivity contribution in [2.24, 2.45) is 5.73 Å². The van der Waals surface area contributed by atoms with Gasteiger partial charge in [-0.15, -0.1) is 0 Å². The zero-order valence-electron chi connectivity index (χ0n) is 10.9. The van der Waals surface area contributed by atoms with Crippen LogP contribution >= 0.6 is 0 Å². The highest BCUT2D eigenvalue weighted by molar-refractivity contribution is 5.77. The van der Waals surface area contributed by atoms with Crippen LogP contribution in [0.5, 0.6) is 5.75 Å². The van der Waals surface area contributed by atoms with Gasteiger partial charge in [0.25, 0.3) is 5.91 Å². The van der Waals surface area contributed by atoms with Crippen molar-refractivity contribution in [1.29, 1.82) is 0 Å². The monoisotopic (exact) mass is 266 g/mol. The molecule has 1 saturated heterocycles. The summed E-state index contributed by atoms with van der Waals surface area (Å²) in [5, 5.41) is 0. The molecule has 0 aromatic heterocycles. The molecule has 1 aliphatic rings. The molecule has 1 aromatic carbocycles. The van der Waals surface area contributed by atoms with Crippen LogP contribution in [0.2, 0.25) is 0 Å². The summed E-state index contributed by atoms with van der Waals surface area (Å²) >= 11 is 0. The zero-order chi connectivity index (χ0) is 13.7.